The van der Waals surface area contributed by atoms with Crippen LogP contribution in [0, 0.1) is 0 Å². The van der Waals surface area contributed by atoms with Gasteiger partial charge in [0.2, 0.25) is 5.91 Å². The standard InChI is InChI=1S/C28H27F3N4O4/c29-28(30,31)19-10-17(23(32)14-36)9-18(11-19)27(38)34-20-3-1-15-2-4-21(13-16(15)12-20)39-24-7-8-33-26-22(24)5-6-25(37)35-26/h2,4,7-11,13,20,23,36H,1,3,5-6,12,14,32H2,(H,34,38)(H,33,35,37)/t20-,23-/m1/s1. The SMILES string of the molecule is N[C@H](CO)c1cc(C(=O)N[C@@H]2CCc3ccc(Oc4ccnc5c4CCC(=O)N5)cc3C2)cc(C(F)(F)F)c1. The highest BCUT2D eigenvalue weighted by Crippen LogP contribution is 2.35. The molecule has 1 aliphatic carbocycles. The molecule has 5 N–H and O–H groups in total. The fourth-order valence-corrected chi connectivity index (χ4v) is 4.93. The molecule has 0 unspecified atom stereocenters. The zero-order valence-electron chi connectivity index (χ0n) is 20.8. The van der Waals surface area contributed by atoms with Gasteiger partial charge in [-0.2, -0.15) is 13.2 Å². The van der Waals surface area contributed by atoms with Gasteiger partial charge in [0.05, 0.1) is 18.2 Å². The smallest absolute Gasteiger partial charge is 0.416 e. The molecule has 0 bridgehead atoms. The Labute approximate surface area is 222 Å². The molecule has 11 heteroatoms. The van der Waals surface area contributed by atoms with Crippen LogP contribution in [-0.2, 0) is 30.2 Å². The van der Waals surface area contributed by atoms with Gasteiger partial charge < -0.3 is 26.2 Å². The number of hydrogen-bond donors (Lipinski definition) is 4. The number of hydrogen-bond acceptors (Lipinski definition) is 6. The monoisotopic (exact) mass is 540 g/mol. The fourth-order valence-electron chi connectivity index (χ4n) is 4.93. The van der Waals surface area contributed by atoms with Gasteiger partial charge in [0, 0.05) is 29.8 Å². The van der Waals surface area contributed by atoms with E-state index in [1.54, 1.807) is 12.3 Å². The van der Waals surface area contributed by atoms with Crippen molar-refractivity contribution < 1.29 is 32.6 Å². The summed E-state index contributed by atoms with van der Waals surface area (Å²) in [6.07, 6.45) is -0.454. The molecule has 0 fully saturated rings. The average Bonchev–Trinajstić information content (AvgIpc) is 2.91. The summed E-state index contributed by atoms with van der Waals surface area (Å²) >= 11 is 0. The maximum atomic E-state index is 13.4. The second kappa shape index (κ2) is 10.7. The van der Waals surface area contributed by atoms with E-state index in [-0.39, 0.29) is 23.1 Å². The van der Waals surface area contributed by atoms with Crippen molar-refractivity contribution in [2.24, 2.45) is 5.73 Å². The lowest BCUT2D eigenvalue weighted by atomic mass is 9.88. The number of aliphatic hydroxyl groups is 1. The van der Waals surface area contributed by atoms with Gasteiger partial charge in [0.15, 0.2) is 0 Å². The average molecular weight is 541 g/mol. The van der Waals surface area contributed by atoms with Crippen molar-refractivity contribution in [2.75, 3.05) is 11.9 Å². The Kier molecular flexibility index (Phi) is 7.28. The van der Waals surface area contributed by atoms with Crippen LogP contribution in [0.25, 0.3) is 0 Å². The highest BCUT2D eigenvalue weighted by atomic mass is 19.4. The number of fused-ring (bicyclic) bond motifs is 2. The number of anilines is 1. The van der Waals surface area contributed by atoms with E-state index in [1.165, 1.54) is 6.07 Å². The Morgan fingerprint density at radius 1 is 1.15 bits per heavy atom. The van der Waals surface area contributed by atoms with Gasteiger partial charge >= 0.3 is 6.18 Å². The van der Waals surface area contributed by atoms with Gasteiger partial charge in [-0.15, -0.1) is 0 Å². The maximum absolute atomic E-state index is 13.4. The minimum absolute atomic E-state index is 0.0334. The first kappa shape index (κ1) is 26.6. The van der Waals surface area contributed by atoms with Gasteiger partial charge in [-0.05, 0) is 78.8 Å². The predicted octanol–water partition coefficient (Wildman–Crippen LogP) is 4.06. The third-order valence-electron chi connectivity index (χ3n) is 7.01. The van der Waals surface area contributed by atoms with E-state index < -0.39 is 30.3 Å². The number of ether oxygens (including phenoxy) is 1. The molecule has 39 heavy (non-hydrogen) atoms. The Morgan fingerprint density at radius 3 is 2.74 bits per heavy atom. The molecule has 5 rings (SSSR count). The van der Waals surface area contributed by atoms with E-state index in [2.05, 4.69) is 15.6 Å². The van der Waals surface area contributed by atoms with Crippen LogP contribution in [0.15, 0.2) is 48.7 Å². The zero-order chi connectivity index (χ0) is 27.7. The number of nitrogens with two attached hydrogens (primary N) is 1. The summed E-state index contributed by atoms with van der Waals surface area (Å²) in [6.45, 7) is -0.552. The van der Waals surface area contributed by atoms with Gasteiger partial charge in [0.1, 0.15) is 17.3 Å². The molecule has 2 aliphatic rings. The van der Waals surface area contributed by atoms with Crippen molar-refractivity contribution in [3.8, 4) is 11.5 Å². The molecule has 2 amide bonds. The molecule has 1 aliphatic heterocycles. The van der Waals surface area contributed by atoms with E-state index in [9.17, 15) is 27.9 Å². The minimum Gasteiger partial charge on any atom is -0.457 e. The van der Waals surface area contributed by atoms with Crippen LogP contribution in [0.3, 0.4) is 0 Å². The highest BCUT2D eigenvalue weighted by molar-refractivity contribution is 5.95. The molecule has 2 heterocycles. The van der Waals surface area contributed by atoms with Crippen LogP contribution in [0.2, 0.25) is 0 Å². The summed E-state index contributed by atoms with van der Waals surface area (Å²) in [6, 6.07) is 9.05. The lowest BCUT2D eigenvalue weighted by Crippen LogP contribution is -2.39. The number of amides is 2. The number of nitrogens with zero attached hydrogens (tertiary/aromatic N) is 1. The number of aromatic nitrogens is 1. The Bertz CT molecular complexity index is 1430. The van der Waals surface area contributed by atoms with E-state index >= 15 is 0 Å². The molecular weight excluding hydrogens is 513 g/mol. The topological polar surface area (TPSA) is 127 Å². The van der Waals surface area contributed by atoms with E-state index in [0.29, 0.717) is 49.4 Å². The Morgan fingerprint density at radius 2 is 1.97 bits per heavy atom. The van der Waals surface area contributed by atoms with Crippen LogP contribution in [0.4, 0.5) is 19.0 Å². The first-order valence-corrected chi connectivity index (χ1v) is 12.6. The minimum atomic E-state index is -4.67. The van der Waals surface area contributed by atoms with Crippen molar-refractivity contribution in [3.63, 3.8) is 0 Å². The highest BCUT2D eigenvalue weighted by Gasteiger charge is 2.33. The zero-order valence-corrected chi connectivity index (χ0v) is 20.8. The van der Waals surface area contributed by atoms with Crippen molar-refractivity contribution in [1.29, 1.82) is 0 Å². The van der Waals surface area contributed by atoms with E-state index in [4.69, 9.17) is 10.5 Å². The number of carbonyl (C=O) groups is 2. The maximum Gasteiger partial charge on any atom is 0.416 e. The molecule has 1 aromatic heterocycles. The van der Waals surface area contributed by atoms with Gasteiger partial charge in [-0.3, -0.25) is 9.59 Å². The van der Waals surface area contributed by atoms with Gasteiger partial charge in [0.25, 0.3) is 5.91 Å². The van der Waals surface area contributed by atoms with E-state index in [1.807, 2.05) is 18.2 Å². The molecule has 0 saturated carbocycles. The molecule has 0 radical (unpaired) electrons. The Balaban J connectivity index is 1.32. The summed E-state index contributed by atoms with van der Waals surface area (Å²) in [5.74, 6) is 0.946. The first-order valence-electron chi connectivity index (χ1n) is 12.6. The second-order valence-electron chi connectivity index (χ2n) is 9.76. The van der Waals surface area contributed by atoms with Gasteiger partial charge in [-0.1, -0.05) is 6.07 Å². The third kappa shape index (κ3) is 5.89. The molecule has 0 saturated heterocycles. The molecule has 8 nitrogen and oxygen atoms in total. The van der Waals surface area contributed by atoms with Crippen molar-refractivity contribution >= 4 is 17.6 Å². The van der Waals surface area contributed by atoms with Crippen LogP contribution < -0.4 is 21.1 Å². The van der Waals surface area contributed by atoms with Gasteiger partial charge in [-0.25, -0.2) is 4.98 Å². The predicted molar refractivity (Wildman–Crippen MR) is 136 cm³/mol. The molecule has 204 valence electrons. The number of pyridine rings is 1. The first-order chi connectivity index (χ1) is 18.6. The number of halogens is 3. The summed E-state index contributed by atoms with van der Waals surface area (Å²) in [5.41, 5.74) is 7.50. The summed E-state index contributed by atoms with van der Waals surface area (Å²) in [7, 11) is 0. The molecule has 3 aromatic rings. The second-order valence-corrected chi connectivity index (χ2v) is 9.76. The quantitative estimate of drug-likeness (QED) is 0.374. The number of rotatable bonds is 6. The summed E-state index contributed by atoms with van der Waals surface area (Å²) in [5, 5.41) is 14.9. The lowest BCUT2D eigenvalue weighted by Gasteiger charge is -2.26. The molecular formula is C28H27F3N4O4. The van der Waals surface area contributed by atoms with Crippen LogP contribution in [0.5, 0.6) is 11.5 Å². The number of nitrogens with one attached hydrogen (secondary N) is 2. The summed E-state index contributed by atoms with van der Waals surface area (Å²) < 4.78 is 46.5. The fraction of sp³-hybridized carbons (Fsp3) is 0.321. The largest absolute Gasteiger partial charge is 0.457 e. The Hall–Kier alpha value is -3.96. The molecule has 0 spiro atoms. The number of aliphatic hydroxyl groups excluding tert-OH is 1. The number of alkyl halides is 3. The van der Waals surface area contributed by atoms with E-state index in [0.717, 1.165) is 28.8 Å². The number of aryl methyl sites for hydroxylation is 1. The third-order valence-corrected chi connectivity index (χ3v) is 7.01. The van der Waals surface area contributed by atoms with Crippen molar-refractivity contribution in [2.45, 2.75) is 50.4 Å². The van der Waals surface area contributed by atoms with Crippen LogP contribution >= 0.6 is 0 Å². The lowest BCUT2D eigenvalue weighted by molar-refractivity contribution is -0.137. The van der Waals surface area contributed by atoms with Crippen LogP contribution in [0.1, 0.15) is 57.1 Å². The number of benzene rings is 2. The van der Waals surface area contributed by atoms with Crippen LogP contribution in [-0.4, -0.2) is 34.6 Å². The summed E-state index contributed by atoms with van der Waals surface area (Å²) in [4.78, 5) is 28.9. The van der Waals surface area contributed by atoms with Crippen molar-refractivity contribution in [1.82, 2.24) is 10.3 Å². The molecule has 2 atom stereocenters. The van der Waals surface area contributed by atoms with Crippen molar-refractivity contribution in [3.05, 3.63) is 82.0 Å². The molecule has 2 aromatic carbocycles. The normalized spacial score (nSPS) is 17.5. The number of carbonyl (C=O) groups excluding carboxylic acids is 2.